The van der Waals surface area contributed by atoms with E-state index in [4.69, 9.17) is 5.84 Å². The highest BCUT2D eigenvalue weighted by molar-refractivity contribution is 7.88. The number of nitrogens with two attached hydrogens (primary N) is 1. The molecule has 0 bridgehead atoms. The van der Waals surface area contributed by atoms with Crippen LogP contribution in [0.1, 0.15) is 13.8 Å². The Kier molecular flexibility index (Phi) is 5.04. The summed E-state index contributed by atoms with van der Waals surface area (Å²) in [7, 11) is -3.40. The summed E-state index contributed by atoms with van der Waals surface area (Å²) in [5, 5.41) is 13.7. The van der Waals surface area contributed by atoms with E-state index in [0.717, 1.165) is 6.26 Å². The molecule has 0 aliphatic rings. The van der Waals surface area contributed by atoms with Crippen molar-refractivity contribution in [1.29, 1.82) is 0 Å². The zero-order valence-electron chi connectivity index (χ0n) is 11.9. The number of nitrogens with one attached hydrogen (secondary N) is 3. The van der Waals surface area contributed by atoms with Crippen molar-refractivity contribution in [3.8, 4) is 0 Å². The zero-order valence-corrected chi connectivity index (χ0v) is 12.7. The zero-order chi connectivity index (χ0) is 16.3. The molecule has 0 aliphatic carbocycles. The van der Waals surface area contributed by atoms with Crippen molar-refractivity contribution in [3.63, 3.8) is 0 Å². The van der Waals surface area contributed by atoms with Gasteiger partial charge in [0.05, 0.1) is 11.2 Å². The fourth-order valence-electron chi connectivity index (χ4n) is 1.65. The average molecular weight is 318 g/mol. The largest absolute Gasteiger partial charge is 0.362 e. The molecule has 1 aromatic heterocycles. The van der Waals surface area contributed by atoms with Gasteiger partial charge in [0.15, 0.2) is 0 Å². The third kappa shape index (κ3) is 5.49. The molecule has 0 spiro atoms. The Labute approximate surface area is 122 Å². The molecule has 0 saturated carbocycles. The number of nitrogen functional groups attached to an aromatic ring is 1. The summed E-state index contributed by atoms with van der Waals surface area (Å²) in [4.78, 5) is 14.3. The summed E-state index contributed by atoms with van der Waals surface area (Å²) >= 11 is 0. The molecule has 0 unspecified atom stereocenters. The molecule has 21 heavy (non-hydrogen) atoms. The Morgan fingerprint density at radius 1 is 1.43 bits per heavy atom. The SMILES string of the molecule is CC(C)(CNc1nc(NN)ccc1[N+](=O)[O-])NS(C)(=O)=O. The van der Waals surface area contributed by atoms with E-state index < -0.39 is 20.5 Å². The number of nitrogens with zero attached hydrogens (tertiary/aromatic N) is 2. The molecule has 0 aliphatic heterocycles. The maximum atomic E-state index is 11.2. The average Bonchev–Trinajstić information content (AvgIpc) is 2.33. The van der Waals surface area contributed by atoms with E-state index in [-0.39, 0.29) is 23.9 Å². The molecule has 1 aromatic rings. The first-order valence-corrected chi connectivity index (χ1v) is 7.78. The molecule has 0 atom stereocenters. The molecule has 118 valence electrons. The van der Waals surface area contributed by atoms with Gasteiger partial charge >= 0.3 is 5.69 Å². The summed E-state index contributed by atoms with van der Waals surface area (Å²) < 4.78 is 24.9. The molecule has 0 fully saturated rings. The molecule has 0 saturated heterocycles. The molecule has 11 heteroatoms. The summed E-state index contributed by atoms with van der Waals surface area (Å²) in [5.41, 5.74) is 1.20. The summed E-state index contributed by atoms with van der Waals surface area (Å²) in [5.74, 6) is 5.45. The van der Waals surface area contributed by atoms with Crippen LogP contribution in [0.3, 0.4) is 0 Å². The first-order valence-electron chi connectivity index (χ1n) is 5.89. The lowest BCUT2D eigenvalue weighted by atomic mass is 10.1. The van der Waals surface area contributed by atoms with E-state index in [1.54, 1.807) is 13.8 Å². The van der Waals surface area contributed by atoms with Crippen LogP contribution in [0.25, 0.3) is 0 Å². The molecule has 1 heterocycles. The number of pyridine rings is 1. The van der Waals surface area contributed by atoms with Gasteiger partial charge in [0.1, 0.15) is 5.82 Å². The summed E-state index contributed by atoms with van der Waals surface area (Å²) in [6, 6.07) is 2.62. The van der Waals surface area contributed by atoms with Crippen LogP contribution in [0.15, 0.2) is 12.1 Å². The standard InChI is InChI=1S/C10H18N6O4S/c1-10(2,15-21(3,19)20)6-12-9-7(16(17)18)4-5-8(13-9)14-11/h4-5,15H,6,11H2,1-3H3,(H2,12,13,14). The summed E-state index contributed by atoms with van der Waals surface area (Å²) in [6.07, 6.45) is 1.04. The van der Waals surface area contributed by atoms with Crippen molar-refractivity contribution in [1.82, 2.24) is 9.71 Å². The fourth-order valence-corrected chi connectivity index (χ4v) is 2.73. The van der Waals surface area contributed by atoms with Crippen LogP contribution in [-0.2, 0) is 10.0 Å². The number of sulfonamides is 1. The van der Waals surface area contributed by atoms with Crippen molar-refractivity contribution in [2.75, 3.05) is 23.5 Å². The number of hydrogen-bond donors (Lipinski definition) is 4. The van der Waals surface area contributed by atoms with E-state index >= 15 is 0 Å². The fraction of sp³-hybridized carbons (Fsp3) is 0.500. The second-order valence-electron chi connectivity index (χ2n) is 5.08. The Morgan fingerprint density at radius 3 is 2.52 bits per heavy atom. The molecular weight excluding hydrogens is 300 g/mol. The molecule has 1 rings (SSSR count). The van der Waals surface area contributed by atoms with Gasteiger partial charge in [-0.2, -0.15) is 0 Å². The van der Waals surface area contributed by atoms with Crippen LogP contribution < -0.4 is 21.3 Å². The molecular formula is C10H18N6O4S. The van der Waals surface area contributed by atoms with E-state index in [2.05, 4.69) is 20.4 Å². The number of hydrogen-bond acceptors (Lipinski definition) is 8. The van der Waals surface area contributed by atoms with E-state index in [1.807, 2.05) is 0 Å². The lowest BCUT2D eigenvalue weighted by Crippen LogP contribution is -2.47. The van der Waals surface area contributed by atoms with Crippen molar-refractivity contribution in [2.45, 2.75) is 19.4 Å². The van der Waals surface area contributed by atoms with Gasteiger partial charge in [0.2, 0.25) is 15.8 Å². The quantitative estimate of drug-likeness (QED) is 0.312. The Bertz CT molecular complexity index is 630. The van der Waals surface area contributed by atoms with Crippen molar-refractivity contribution < 1.29 is 13.3 Å². The number of hydrazine groups is 1. The normalized spacial score (nSPS) is 12.0. The minimum atomic E-state index is -3.40. The molecule has 0 aromatic carbocycles. The third-order valence-corrected chi connectivity index (χ3v) is 3.30. The second kappa shape index (κ2) is 6.20. The molecule has 0 radical (unpaired) electrons. The van der Waals surface area contributed by atoms with E-state index in [1.165, 1.54) is 12.1 Å². The van der Waals surface area contributed by atoms with Gasteiger partial charge in [0, 0.05) is 18.2 Å². The number of rotatable bonds is 7. The van der Waals surface area contributed by atoms with Gasteiger partial charge < -0.3 is 10.7 Å². The van der Waals surface area contributed by atoms with Crippen LogP contribution >= 0.6 is 0 Å². The highest BCUT2D eigenvalue weighted by atomic mass is 32.2. The maximum Gasteiger partial charge on any atom is 0.311 e. The Balaban J connectivity index is 2.94. The first kappa shape index (κ1) is 17.1. The van der Waals surface area contributed by atoms with Crippen LogP contribution in [0, 0.1) is 10.1 Å². The number of anilines is 2. The lowest BCUT2D eigenvalue weighted by molar-refractivity contribution is -0.384. The second-order valence-corrected chi connectivity index (χ2v) is 6.83. The maximum absolute atomic E-state index is 11.2. The van der Waals surface area contributed by atoms with Crippen LogP contribution in [0.4, 0.5) is 17.3 Å². The lowest BCUT2D eigenvalue weighted by Gasteiger charge is -2.25. The van der Waals surface area contributed by atoms with Gasteiger partial charge in [-0.3, -0.25) is 10.1 Å². The van der Waals surface area contributed by atoms with Crippen molar-refractivity contribution in [2.24, 2.45) is 5.84 Å². The first-order chi connectivity index (χ1) is 9.54. The smallest absolute Gasteiger partial charge is 0.311 e. The van der Waals surface area contributed by atoms with Crippen molar-refractivity contribution >= 4 is 27.3 Å². The van der Waals surface area contributed by atoms with Crippen LogP contribution in [0.5, 0.6) is 0 Å². The Morgan fingerprint density at radius 2 is 2.05 bits per heavy atom. The van der Waals surface area contributed by atoms with Crippen molar-refractivity contribution in [3.05, 3.63) is 22.2 Å². The Hall–Kier alpha value is -1.98. The topological polar surface area (TPSA) is 152 Å². The van der Waals surface area contributed by atoms with Gasteiger partial charge in [-0.05, 0) is 19.9 Å². The van der Waals surface area contributed by atoms with Gasteiger partial charge in [-0.15, -0.1) is 0 Å². The minimum absolute atomic E-state index is 0.00109. The van der Waals surface area contributed by atoms with E-state index in [9.17, 15) is 18.5 Å². The predicted molar refractivity (Wildman–Crippen MR) is 79.2 cm³/mol. The highest BCUT2D eigenvalue weighted by Gasteiger charge is 2.24. The van der Waals surface area contributed by atoms with Crippen LogP contribution in [0.2, 0.25) is 0 Å². The van der Waals surface area contributed by atoms with Gasteiger partial charge in [-0.25, -0.2) is 24.0 Å². The predicted octanol–water partition coefficient (Wildman–Crippen LogP) is 0.0151. The van der Waals surface area contributed by atoms with Crippen LogP contribution in [-0.4, -0.2) is 36.7 Å². The van der Waals surface area contributed by atoms with Gasteiger partial charge in [0.25, 0.3) is 0 Å². The monoisotopic (exact) mass is 318 g/mol. The number of nitro groups is 1. The van der Waals surface area contributed by atoms with Gasteiger partial charge in [-0.1, -0.05) is 0 Å². The van der Waals surface area contributed by atoms with E-state index in [0.29, 0.717) is 0 Å². The third-order valence-electron chi connectivity index (χ3n) is 2.38. The molecule has 10 nitrogen and oxygen atoms in total. The molecule has 0 amide bonds. The summed E-state index contributed by atoms with van der Waals surface area (Å²) in [6.45, 7) is 3.37. The number of aromatic nitrogens is 1. The highest BCUT2D eigenvalue weighted by Crippen LogP contribution is 2.24. The molecule has 5 N–H and O–H groups in total. The minimum Gasteiger partial charge on any atom is -0.362 e.